The number of aryl methyl sites for hydroxylation is 3. The first kappa shape index (κ1) is 26.4. The molecule has 3 aromatic carbocycles. The van der Waals surface area contributed by atoms with Gasteiger partial charge in [-0.05, 0) is 85.8 Å². The summed E-state index contributed by atoms with van der Waals surface area (Å²) in [6.45, 7) is 8.46. The van der Waals surface area contributed by atoms with Crippen LogP contribution in [0.5, 0.6) is 11.5 Å². The molecule has 0 saturated carbocycles. The molecule has 1 fully saturated rings. The second-order valence-electron chi connectivity index (χ2n) is 9.70. The highest BCUT2D eigenvalue weighted by Crippen LogP contribution is 2.45. The van der Waals surface area contributed by atoms with Crippen molar-refractivity contribution in [3.8, 4) is 11.5 Å². The largest absolute Gasteiger partial charge is 0.507 e. The number of nitrogens with zero attached hydrogens (tertiary/aromatic N) is 2. The quantitative estimate of drug-likeness (QED) is 0.160. The van der Waals surface area contributed by atoms with Crippen molar-refractivity contribution in [3.05, 3.63) is 88.0 Å². The molecule has 0 spiro atoms. The van der Waals surface area contributed by atoms with Gasteiger partial charge in [0, 0.05) is 5.56 Å². The van der Waals surface area contributed by atoms with Crippen LogP contribution in [0, 0.1) is 20.8 Å². The highest BCUT2D eigenvalue weighted by molar-refractivity contribution is 7.22. The lowest BCUT2D eigenvalue weighted by Crippen LogP contribution is -2.29. The van der Waals surface area contributed by atoms with Gasteiger partial charge in [0.1, 0.15) is 17.3 Å². The predicted molar refractivity (Wildman–Crippen MR) is 154 cm³/mol. The predicted octanol–water partition coefficient (Wildman–Crippen LogP) is 6.65. The summed E-state index contributed by atoms with van der Waals surface area (Å²) in [5, 5.41) is 11.9. The number of benzene rings is 3. The summed E-state index contributed by atoms with van der Waals surface area (Å²) < 4.78 is 12.0. The van der Waals surface area contributed by atoms with Crippen LogP contribution in [-0.4, -0.2) is 35.5 Å². The molecule has 200 valence electrons. The van der Waals surface area contributed by atoms with Gasteiger partial charge in [-0.25, -0.2) is 4.98 Å². The number of Topliss-reactive ketones (excluding diaryl/α,β-unsaturated/α-hetero) is 1. The first-order chi connectivity index (χ1) is 18.7. The van der Waals surface area contributed by atoms with E-state index in [1.807, 2.05) is 64.1 Å². The monoisotopic (exact) mass is 542 g/mol. The van der Waals surface area contributed by atoms with E-state index in [0.29, 0.717) is 34.4 Å². The Morgan fingerprint density at radius 1 is 1.03 bits per heavy atom. The number of rotatable bonds is 7. The summed E-state index contributed by atoms with van der Waals surface area (Å²) in [5.41, 5.74) is 4.76. The van der Waals surface area contributed by atoms with E-state index in [4.69, 9.17) is 14.5 Å². The average Bonchev–Trinajstić information content (AvgIpc) is 3.45. The molecule has 1 aliphatic rings. The molecule has 0 bridgehead atoms. The van der Waals surface area contributed by atoms with Gasteiger partial charge in [-0.15, -0.1) is 0 Å². The minimum absolute atomic E-state index is 0.0129. The maximum atomic E-state index is 13.6. The molecular weight excluding hydrogens is 512 g/mol. The summed E-state index contributed by atoms with van der Waals surface area (Å²) in [6.07, 6.45) is 0.875. The third-order valence-corrected chi connectivity index (χ3v) is 7.81. The lowest BCUT2D eigenvalue weighted by atomic mass is 9.95. The van der Waals surface area contributed by atoms with Gasteiger partial charge in [0.05, 0.1) is 35.5 Å². The Balaban J connectivity index is 1.69. The van der Waals surface area contributed by atoms with Crippen LogP contribution in [0.4, 0.5) is 5.13 Å². The zero-order chi connectivity index (χ0) is 27.8. The van der Waals surface area contributed by atoms with E-state index in [0.717, 1.165) is 33.3 Å². The molecule has 1 amide bonds. The van der Waals surface area contributed by atoms with Gasteiger partial charge in [-0.2, -0.15) is 0 Å². The number of aliphatic hydroxyl groups excluding tert-OH is 1. The van der Waals surface area contributed by atoms with Crippen molar-refractivity contribution >= 4 is 44.1 Å². The molecule has 7 nitrogen and oxygen atoms in total. The maximum Gasteiger partial charge on any atom is 0.301 e. The smallest absolute Gasteiger partial charge is 0.301 e. The Hall–Kier alpha value is -4.17. The summed E-state index contributed by atoms with van der Waals surface area (Å²) in [6, 6.07) is 15.6. The van der Waals surface area contributed by atoms with Crippen LogP contribution in [0.15, 0.2) is 60.2 Å². The fourth-order valence-corrected chi connectivity index (χ4v) is 6.12. The minimum Gasteiger partial charge on any atom is -0.507 e. The van der Waals surface area contributed by atoms with Crippen molar-refractivity contribution in [3.63, 3.8) is 0 Å². The van der Waals surface area contributed by atoms with E-state index in [9.17, 15) is 14.7 Å². The molecule has 1 aliphatic heterocycles. The Bertz CT molecular complexity index is 1620. The molecular formula is C31H30N2O5S. The first-order valence-electron chi connectivity index (χ1n) is 12.8. The minimum atomic E-state index is -0.866. The molecule has 1 unspecified atom stereocenters. The SMILES string of the molecule is CCCOc1ccc(C2C(=C(O)c3ccc(OC)c(C)c3)C(=O)C(=O)N2c2nc3c(C)cc(C)cc3s2)cc1. The van der Waals surface area contributed by atoms with E-state index >= 15 is 0 Å². The number of thiazole rings is 1. The van der Waals surface area contributed by atoms with E-state index < -0.39 is 17.7 Å². The Kier molecular flexibility index (Phi) is 7.14. The number of carbonyl (C=O) groups excluding carboxylic acids is 2. The molecule has 2 heterocycles. The standard InChI is InChI=1S/C31H30N2O5S/c1-6-13-38-22-10-7-20(8-11-22)27-25(28(34)21-9-12-23(37-5)18(3)16-21)29(35)30(36)33(27)31-32-26-19(4)14-17(2)15-24(26)39-31/h7-12,14-16,27,34H,6,13H2,1-5H3. The number of aromatic nitrogens is 1. The van der Waals surface area contributed by atoms with Crippen LogP contribution in [0.2, 0.25) is 0 Å². The van der Waals surface area contributed by atoms with Crippen LogP contribution in [0.1, 0.15) is 47.2 Å². The number of anilines is 1. The zero-order valence-electron chi connectivity index (χ0n) is 22.6. The number of aliphatic hydroxyl groups is 1. The third-order valence-electron chi connectivity index (χ3n) is 6.81. The Morgan fingerprint density at radius 3 is 2.44 bits per heavy atom. The molecule has 8 heteroatoms. The molecule has 1 aromatic heterocycles. The van der Waals surface area contributed by atoms with E-state index in [-0.39, 0.29) is 11.3 Å². The van der Waals surface area contributed by atoms with E-state index in [1.54, 1.807) is 25.3 Å². The van der Waals surface area contributed by atoms with Gasteiger partial charge in [0.15, 0.2) is 5.13 Å². The van der Waals surface area contributed by atoms with Crippen molar-refractivity contribution in [1.29, 1.82) is 0 Å². The highest BCUT2D eigenvalue weighted by atomic mass is 32.1. The fourth-order valence-electron chi connectivity index (χ4n) is 4.95. The first-order valence-corrected chi connectivity index (χ1v) is 13.6. The summed E-state index contributed by atoms with van der Waals surface area (Å²) >= 11 is 1.35. The van der Waals surface area contributed by atoms with E-state index in [1.165, 1.54) is 16.2 Å². The van der Waals surface area contributed by atoms with Crippen molar-refractivity contribution in [2.45, 2.75) is 40.2 Å². The van der Waals surface area contributed by atoms with Crippen molar-refractivity contribution < 1.29 is 24.2 Å². The second kappa shape index (κ2) is 10.5. The number of carbonyl (C=O) groups is 2. The zero-order valence-corrected chi connectivity index (χ0v) is 23.4. The Labute approximate surface area is 231 Å². The topological polar surface area (TPSA) is 89.0 Å². The van der Waals surface area contributed by atoms with Crippen LogP contribution in [0.25, 0.3) is 16.0 Å². The van der Waals surface area contributed by atoms with Gasteiger partial charge in [0.25, 0.3) is 5.78 Å². The number of amides is 1. The van der Waals surface area contributed by atoms with Gasteiger partial charge >= 0.3 is 5.91 Å². The molecule has 0 aliphatic carbocycles. The molecule has 4 aromatic rings. The van der Waals surface area contributed by atoms with Crippen LogP contribution >= 0.6 is 11.3 Å². The second-order valence-corrected chi connectivity index (χ2v) is 10.7. The fraction of sp³-hybridized carbons (Fsp3) is 0.258. The molecule has 39 heavy (non-hydrogen) atoms. The molecule has 1 atom stereocenters. The summed E-state index contributed by atoms with van der Waals surface area (Å²) in [7, 11) is 1.57. The van der Waals surface area contributed by atoms with Gasteiger partial charge in [-0.3, -0.25) is 14.5 Å². The Morgan fingerprint density at radius 2 is 1.77 bits per heavy atom. The number of ketones is 1. The van der Waals surface area contributed by atoms with Crippen molar-refractivity contribution in [2.75, 3.05) is 18.6 Å². The number of hydrogen-bond donors (Lipinski definition) is 1. The van der Waals surface area contributed by atoms with Gasteiger partial charge < -0.3 is 14.6 Å². The van der Waals surface area contributed by atoms with Crippen molar-refractivity contribution in [2.24, 2.45) is 0 Å². The molecule has 5 rings (SSSR count). The molecule has 1 saturated heterocycles. The van der Waals surface area contributed by atoms with Crippen LogP contribution in [0.3, 0.4) is 0 Å². The number of hydrogen-bond acceptors (Lipinski definition) is 7. The number of ether oxygens (including phenoxy) is 2. The average molecular weight is 543 g/mol. The van der Waals surface area contributed by atoms with Gasteiger partial charge in [-0.1, -0.05) is 36.5 Å². The maximum absolute atomic E-state index is 13.6. The van der Waals surface area contributed by atoms with Gasteiger partial charge in [0.2, 0.25) is 0 Å². The molecule has 0 radical (unpaired) electrons. The lowest BCUT2D eigenvalue weighted by Gasteiger charge is -2.23. The van der Waals surface area contributed by atoms with Crippen molar-refractivity contribution in [1.82, 2.24) is 4.98 Å². The number of methoxy groups -OCH3 is 1. The van der Waals surface area contributed by atoms with E-state index in [2.05, 4.69) is 0 Å². The normalized spacial score (nSPS) is 16.7. The summed E-state index contributed by atoms with van der Waals surface area (Å²) in [4.78, 5) is 33.3. The molecule has 1 N–H and O–H groups in total. The summed E-state index contributed by atoms with van der Waals surface area (Å²) in [5.74, 6) is -0.386. The van der Waals surface area contributed by atoms with Crippen LogP contribution in [-0.2, 0) is 9.59 Å². The van der Waals surface area contributed by atoms with Crippen LogP contribution < -0.4 is 14.4 Å². The third kappa shape index (κ3) is 4.76. The highest BCUT2D eigenvalue weighted by Gasteiger charge is 2.48. The number of fused-ring (bicyclic) bond motifs is 1. The lowest BCUT2D eigenvalue weighted by molar-refractivity contribution is -0.132.